The SMILES string of the molecule is COc1ccc(Cl)cc1SN. The third-order valence-electron chi connectivity index (χ3n) is 1.25. The summed E-state index contributed by atoms with van der Waals surface area (Å²) in [5.41, 5.74) is 0. The van der Waals surface area contributed by atoms with E-state index in [1.807, 2.05) is 0 Å². The van der Waals surface area contributed by atoms with E-state index in [1.165, 1.54) is 0 Å². The molecule has 0 spiro atoms. The smallest absolute Gasteiger partial charge is 0.133 e. The van der Waals surface area contributed by atoms with Crippen molar-refractivity contribution in [1.29, 1.82) is 0 Å². The van der Waals surface area contributed by atoms with Crippen molar-refractivity contribution in [2.24, 2.45) is 5.14 Å². The van der Waals surface area contributed by atoms with Gasteiger partial charge in [0.15, 0.2) is 0 Å². The number of benzene rings is 1. The first-order chi connectivity index (χ1) is 5.27. The highest BCUT2D eigenvalue weighted by molar-refractivity contribution is 7.97. The van der Waals surface area contributed by atoms with Gasteiger partial charge in [-0.25, -0.2) is 0 Å². The maximum atomic E-state index is 5.73. The summed E-state index contributed by atoms with van der Waals surface area (Å²) in [5, 5.41) is 6.04. The number of ether oxygens (including phenoxy) is 1. The van der Waals surface area contributed by atoms with Crippen LogP contribution in [0.25, 0.3) is 0 Å². The van der Waals surface area contributed by atoms with E-state index >= 15 is 0 Å². The number of rotatable bonds is 2. The zero-order chi connectivity index (χ0) is 8.27. The van der Waals surface area contributed by atoms with E-state index in [4.69, 9.17) is 21.5 Å². The van der Waals surface area contributed by atoms with Gasteiger partial charge in [-0.2, -0.15) is 0 Å². The van der Waals surface area contributed by atoms with Crippen molar-refractivity contribution in [1.82, 2.24) is 0 Å². The van der Waals surface area contributed by atoms with E-state index in [0.717, 1.165) is 22.6 Å². The van der Waals surface area contributed by atoms with Crippen LogP contribution in [0, 0.1) is 0 Å². The van der Waals surface area contributed by atoms with Crippen LogP contribution in [0.2, 0.25) is 5.02 Å². The lowest BCUT2D eigenvalue weighted by Gasteiger charge is -2.04. The summed E-state index contributed by atoms with van der Waals surface area (Å²) in [7, 11) is 1.60. The van der Waals surface area contributed by atoms with Gasteiger partial charge in [0.1, 0.15) is 5.75 Å². The predicted molar refractivity (Wildman–Crippen MR) is 48.0 cm³/mol. The molecule has 0 unspecified atom stereocenters. The van der Waals surface area contributed by atoms with Crippen molar-refractivity contribution < 1.29 is 4.74 Å². The van der Waals surface area contributed by atoms with E-state index in [9.17, 15) is 0 Å². The lowest BCUT2D eigenvalue weighted by Crippen LogP contribution is -1.88. The van der Waals surface area contributed by atoms with Gasteiger partial charge in [-0.15, -0.1) is 0 Å². The number of hydrogen-bond donors (Lipinski definition) is 1. The van der Waals surface area contributed by atoms with Crippen molar-refractivity contribution in [2.45, 2.75) is 4.90 Å². The summed E-state index contributed by atoms with van der Waals surface area (Å²) >= 11 is 6.85. The van der Waals surface area contributed by atoms with Crippen LogP contribution in [-0.4, -0.2) is 7.11 Å². The fraction of sp³-hybridized carbons (Fsp3) is 0.143. The predicted octanol–water partition coefficient (Wildman–Crippen LogP) is 2.31. The van der Waals surface area contributed by atoms with E-state index in [-0.39, 0.29) is 0 Å². The van der Waals surface area contributed by atoms with Crippen LogP contribution in [0.5, 0.6) is 5.75 Å². The molecule has 1 rings (SSSR count). The van der Waals surface area contributed by atoms with Gasteiger partial charge in [0, 0.05) is 5.02 Å². The molecule has 1 aromatic carbocycles. The van der Waals surface area contributed by atoms with Gasteiger partial charge in [-0.3, -0.25) is 5.14 Å². The number of halogens is 1. The fourth-order valence-corrected chi connectivity index (χ4v) is 1.44. The Morgan fingerprint density at radius 2 is 2.27 bits per heavy atom. The monoisotopic (exact) mass is 189 g/mol. The highest BCUT2D eigenvalue weighted by atomic mass is 35.5. The first kappa shape index (κ1) is 8.71. The summed E-state index contributed by atoms with van der Waals surface area (Å²) < 4.78 is 5.03. The lowest BCUT2D eigenvalue weighted by atomic mass is 10.3. The second-order valence-electron chi connectivity index (χ2n) is 1.91. The number of nitrogens with two attached hydrogens (primary N) is 1. The summed E-state index contributed by atoms with van der Waals surface area (Å²) in [6.07, 6.45) is 0. The van der Waals surface area contributed by atoms with Gasteiger partial charge in [0.05, 0.1) is 12.0 Å². The molecule has 0 radical (unpaired) electrons. The molecule has 2 N–H and O–H groups in total. The Morgan fingerprint density at radius 3 is 2.82 bits per heavy atom. The van der Waals surface area contributed by atoms with Crippen molar-refractivity contribution in [3.63, 3.8) is 0 Å². The minimum Gasteiger partial charge on any atom is -0.496 e. The molecule has 0 saturated carbocycles. The minimum atomic E-state index is 0.666. The molecule has 11 heavy (non-hydrogen) atoms. The molecule has 0 aliphatic carbocycles. The molecule has 60 valence electrons. The number of hydrogen-bond acceptors (Lipinski definition) is 3. The minimum absolute atomic E-state index is 0.666. The molecule has 4 heteroatoms. The molecule has 1 aromatic rings. The highest BCUT2D eigenvalue weighted by Crippen LogP contribution is 2.28. The summed E-state index contributed by atoms with van der Waals surface area (Å²) in [6, 6.07) is 5.32. The quantitative estimate of drug-likeness (QED) is 0.726. The van der Waals surface area contributed by atoms with Gasteiger partial charge < -0.3 is 4.74 Å². The molecule has 2 nitrogen and oxygen atoms in total. The molecule has 0 heterocycles. The average Bonchev–Trinajstić information content (AvgIpc) is 2.04. The molecule has 0 aliphatic rings. The Hall–Kier alpha value is -0.380. The third-order valence-corrected chi connectivity index (χ3v) is 2.06. The molecule has 0 aromatic heterocycles. The first-order valence-corrected chi connectivity index (χ1v) is 4.24. The Bertz CT molecular complexity index is 254. The van der Waals surface area contributed by atoms with Crippen molar-refractivity contribution in [3.8, 4) is 5.75 Å². The molecule has 0 bridgehead atoms. The van der Waals surface area contributed by atoms with Gasteiger partial charge in [-0.1, -0.05) is 11.6 Å². The van der Waals surface area contributed by atoms with Crippen LogP contribution < -0.4 is 9.88 Å². The zero-order valence-corrected chi connectivity index (χ0v) is 7.58. The lowest BCUT2D eigenvalue weighted by molar-refractivity contribution is 0.405. The Morgan fingerprint density at radius 1 is 1.55 bits per heavy atom. The van der Waals surface area contributed by atoms with Crippen LogP contribution in [0.4, 0.5) is 0 Å². The molecule has 0 atom stereocenters. The van der Waals surface area contributed by atoms with Gasteiger partial charge in [0.25, 0.3) is 0 Å². The van der Waals surface area contributed by atoms with Gasteiger partial charge in [0.2, 0.25) is 0 Å². The molecule has 0 amide bonds. The Balaban J connectivity index is 3.06. The van der Waals surface area contributed by atoms with Crippen LogP contribution in [0.3, 0.4) is 0 Å². The van der Waals surface area contributed by atoms with Gasteiger partial charge in [-0.05, 0) is 30.1 Å². The van der Waals surface area contributed by atoms with E-state index in [0.29, 0.717) is 5.02 Å². The molecule has 0 aliphatic heterocycles. The average molecular weight is 190 g/mol. The topological polar surface area (TPSA) is 35.2 Å². The maximum Gasteiger partial charge on any atom is 0.133 e. The fourth-order valence-electron chi connectivity index (χ4n) is 0.743. The van der Waals surface area contributed by atoms with Crippen molar-refractivity contribution in [2.75, 3.05) is 7.11 Å². The summed E-state index contributed by atoms with van der Waals surface area (Å²) in [6.45, 7) is 0. The van der Waals surface area contributed by atoms with Crippen LogP contribution in [-0.2, 0) is 0 Å². The summed E-state index contributed by atoms with van der Waals surface area (Å²) in [5.74, 6) is 0.752. The number of methoxy groups -OCH3 is 1. The largest absolute Gasteiger partial charge is 0.496 e. The first-order valence-electron chi connectivity index (χ1n) is 2.98. The second kappa shape index (κ2) is 3.85. The third kappa shape index (κ3) is 2.02. The molecule has 0 saturated heterocycles. The van der Waals surface area contributed by atoms with E-state index in [2.05, 4.69) is 0 Å². The normalized spacial score (nSPS) is 9.73. The van der Waals surface area contributed by atoms with Crippen molar-refractivity contribution >= 4 is 23.5 Å². The molecule has 0 fully saturated rings. The maximum absolute atomic E-state index is 5.73. The van der Waals surface area contributed by atoms with Gasteiger partial charge >= 0.3 is 0 Å². The second-order valence-corrected chi connectivity index (χ2v) is 3.02. The van der Waals surface area contributed by atoms with E-state index < -0.39 is 0 Å². The van der Waals surface area contributed by atoms with Crippen molar-refractivity contribution in [3.05, 3.63) is 23.2 Å². The summed E-state index contributed by atoms with van der Waals surface area (Å²) in [4.78, 5) is 0.847. The molecular weight excluding hydrogens is 182 g/mol. The van der Waals surface area contributed by atoms with E-state index in [1.54, 1.807) is 25.3 Å². The van der Waals surface area contributed by atoms with Crippen LogP contribution in [0.1, 0.15) is 0 Å². The highest BCUT2D eigenvalue weighted by Gasteiger charge is 2.01. The zero-order valence-electron chi connectivity index (χ0n) is 6.00. The Kier molecular flexibility index (Phi) is 3.05. The Labute approximate surface area is 74.8 Å². The van der Waals surface area contributed by atoms with Crippen LogP contribution >= 0.6 is 23.5 Å². The standard InChI is InChI=1S/C7H8ClNOS/c1-10-6-3-2-5(8)4-7(6)11-9/h2-4H,9H2,1H3. The molecular formula is C7H8ClNOS. The van der Waals surface area contributed by atoms with Crippen LogP contribution in [0.15, 0.2) is 23.1 Å².